The second kappa shape index (κ2) is 7.17. The summed E-state index contributed by atoms with van der Waals surface area (Å²) in [6.07, 6.45) is 4.82. The van der Waals surface area contributed by atoms with E-state index in [0.717, 1.165) is 23.1 Å². The molecular weight excluding hydrogens is 344 g/mol. The Balaban J connectivity index is 1.89. The number of alkyl halides is 1. The third-order valence-electron chi connectivity index (χ3n) is 3.79. The van der Waals surface area contributed by atoms with Crippen molar-refractivity contribution in [3.63, 3.8) is 0 Å². The van der Waals surface area contributed by atoms with E-state index in [1.807, 2.05) is 0 Å². The van der Waals surface area contributed by atoms with E-state index in [2.05, 4.69) is 21.2 Å². The molecule has 0 radical (unpaired) electrons. The number of halogens is 1. The van der Waals surface area contributed by atoms with Crippen LogP contribution in [-0.4, -0.2) is 22.7 Å². The van der Waals surface area contributed by atoms with Crippen molar-refractivity contribution in [1.29, 1.82) is 0 Å². The predicted molar refractivity (Wildman–Crippen MR) is 82.5 cm³/mol. The SMILES string of the molecule is O=C(NCC1CCCCC1CBr)c1ccc([N+](=O)[O-])s1. The number of carbonyl (C=O) groups is 1. The van der Waals surface area contributed by atoms with E-state index in [1.54, 1.807) is 0 Å². The molecule has 1 fully saturated rings. The first-order valence-electron chi connectivity index (χ1n) is 6.70. The highest BCUT2D eigenvalue weighted by atomic mass is 79.9. The van der Waals surface area contributed by atoms with Crippen molar-refractivity contribution in [2.75, 3.05) is 11.9 Å². The molecule has 20 heavy (non-hydrogen) atoms. The molecule has 7 heteroatoms. The van der Waals surface area contributed by atoms with Crippen molar-refractivity contribution < 1.29 is 9.72 Å². The van der Waals surface area contributed by atoms with Gasteiger partial charge in [-0.3, -0.25) is 14.9 Å². The number of thiophene rings is 1. The van der Waals surface area contributed by atoms with Gasteiger partial charge in [0.15, 0.2) is 0 Å². The van der Waals surface area contributed by atoms with Crippen LogP contribution in [0, 0.1) is 22.0 Å². The highest BCUT2D eigenvalue weighted by Crippen LogP contribution is 2.31. The van der Waals surface area contributed by atoms with Crippen molar-refractivity contribution in [3.8, 4) is 0 Å². The molecule has 0 spiro atoms. The maximum atomic E-state index is 12.0. The van der Waals surface area contributed by atoms with E-state index >= 15 is 0 Å². The van der Waals surface area contributed by atoms with Crippen LogP contribution in [0.25, 0.3) is 0 Å². The van der Waals surface area contributed by atoms with Gasteiger partial charge in [0.25, 0.3) is 5.91 Å². The lowest BCUT2D eigenvalue weighted by Crippen LogP contribution is -2.34. The van der Waals surface area contributed by atoms with E-state index < -0.39 is 4.92 Å². The van der Waals surface area contributed by atoms with E-state index in [-0.39, 0.29) is 10.9 Å². The summed E-state index contributed by atoms with van der Waals surface area (Å²) in [5, 5.41) is 14.5. The number of rotatable bonds is 5. The molecule has 1 aromatic heterocycles. The summed E-state index contributed by atoms with van der Waals surface area (Å²) in [5.41, 5.74) is 0. The van der Waals surface area contributed by atoms with Crippen LogP contribution in [-0.2, 0) is 0 Å². The Morgan fingerprint density at radius 3 is 2.70 bits per heavy atom. The second-order valence-electron chi connectivity index (χ2n) is 5.06. The molecule has 1 heterocycles. The van der Waals surface area contributed by atoms with Crippen LogP contribution in [0.5, 0.6) is 0 Å². The number of hydrogen-bond donors (Lipinski definition) is 1. The Bertz CT molecular complexity index is 492. The Kier molecular flexibility index (Phi) is 5.54. The molecule has 1 aliphatic rings. The number of hydrogen-bond acceptors (Lipinski definition) is 4. The van der Waals surface area contributed by atoms with Gasteiger partial charge in [0.1, 0.15) is 0 Å². The molecule has 1 N–H and O–H groups in total. The number of amides is 1. The standard InChI is InChI=1S/C13H17BrN2O3S/c14-7-9-3-1-2-4-10(9)8-15-13(17)11-5-6-12(20-11)16(18)19/h5-6,9-10H,1-4,7-8H2,(H,15,17). The molecule has 1 amide bonds. The van der Waals surface area contributed by atoms with Crippen LogP contribution in [0.2, 0.25) is 0 Å². The first-order chi connectivity index (χ1) is 9.61. The zero-order valence-electron chi connectivity index (χ0n) is 11.0. The Morgan fingerprint density at radius 1 is 1.40 bits per heavy atom. The quantitative estimate of drug-likeness (QED) is 0.495. The zero-order chi connectivity index (χ0) is 14.5. The van der Waals surface area contributed by atoms with Gasteiger partial charge in [-0.05, 0) is 30.7 Å². The van der Waals surface area contributed by atoms with Crippen molar-refractivity contribution in [1.82, 2.24) is 5.32 Å². The summed E-state index contributed by atoms with van der Waals surface area (Å²) in [6.45, 7) is 0.654. The van der Waals surface area contributed by atoms with Crippen LogP contribution < -0.4 is 5.32 Å². The molecule has 0 aliphatic heterocycles. The Labute approximate surface area is 130 Å². The average Bonchev–Trinajstić information content (AvgIpc) is 2.95. The number of nitrogens with zero attached hydrogens (tertiary/aromatic N) is 1. The first-order valence-corrected chi connectivity index (χ1v) is 8.64. The minimum atomic E-state index is -0.469. The van der Waals surface area contributed by atoms with Gasteiger partial charge < -0.3 is 5.32 Å². The molecule has 110 valence electrons. The van der Waals surface area contributed by atoms with Gasteiger partial charge in [-0.2, -0.15) is 0 Å². The highest BCUT2D eigenvalue weighted by Gasteiger charge is 2.25. The third-order valence-corrected chi connectivity index (χ3v) is 5.65. The van der Waals surface area contributed by atoms with Crippen LogP contribution in [0.3, 0.4) is 0 Å². The molecule has 2 rings (SSSR count). The Morgan fingerprint density at radius 2 is 2.10 bits per heavy atom. The van der Waals surface area contributed by atoms with E-state index in [4.69, 9.17) is 0 Å². The summed E-state index contributed by atoms with van der Waals surface area (Å²) in [6, 6.07) is 2.89. The zero-order valence-corrected chi connectivity index (χ0v) is 13.4. The second-order valence-corrected chi connectivity index (χ2v) is 6.77. The summed E-state index contributed by atoms with van der Waals surface area (Å²) < 4.78 is 0. The lowest BCUT2D eigenvalue weighted by molar-refractivity contribution is -0.380. The van der Waals surface area contributed by atoms with Gasteiger partial charge >= 0.3 is 5.00 Å². The molecule has 0 saturated heterocycles. The van der Waals surface area contributed by atoms with Crippen molar-refractivity contribution in [2.24, 2.45) is 11.8 Å². The smallest absolute Gasteiger partial charge is 0.324 e. The first kappa shape index (κ1) is 15.4. The van der Waals surface area contributed by atoms with E-state index in [9.17, 15) is 14.9 Å². The molecule has 2 atom stereocenters. The van der Waals surface area contributed by atoms with Crippen LogP contribution in [0.15, 0.2) is 12.1 Å². The normalized spacial score (nSPS) is 22.4. The summed E-state index contributed by atoms with van der Waals surface area (Å²) in [5.74, 6) is 0.908. The fraction of sp³-hybridized carbons (Fsp3) is 0.615. The predicted octanol–water partition coefficient (Wildman–Crippen LogP) is 3.59. The average molecular weight is 361 g/mol. The largest absolute Gasteiger partial charge is 0.351 e. The lowest BCUT2D eigenvalue weighted by atomic mass is 9.80. The van der Waals surface area contributed by atoms with Crippen LogP contribution >= 0.6 is 27.3 Å². The van der Waals surface area contributed by atoms with Crippen molar-refractivity contribution in [2.45, 2.75) is 25.7 Å². The summed E-state index contributed by atoms with van der Waals surface area (Å²) in [4.78, 5) is 22.5. The molecule has 0 bridgehead atoms. The molecular formula is C13H17BrN2O3S. The van der Waals surface area contributed by atoms with Gasteiger partial charge in [0.05, 0.1) is 9.80 Å². The minimum absolute atomic E-state index is 0.00570. The number of nitro groups is 1. The highest BCUT2D eigenvalue weighted by molar-refractivity contribution is 9.09. The molecule has 2 unspecified atom stereocenters. The molecule has 0 aromatic carbocycles. The van der Waals surface area contributed by atoms with Crippen molar-refractivity contribution >= 4 is 38.2 Å². The molecule has 1 aromatic rings. The van der Waals surface area contributed by atoms with Gasteiger partial charge in [-0.1, -0.05) is 40.1 Å². The minimum Gasteiger partial charge on any atom is -0.351 e. The van der Waals surface area contributed by atoms with Gasteiger partial charge in [-0.15, -0.1) is 0 Å². The molecule has 5 nitrogen and oxygen atoms in total. The molecule has 1 saturated carbocycles. The van der Waals surface area contributed by atoms with Gasteiger partial charge in [-0.25, -0.2) is 0 Å². The third kappa shape index (κ3) is 3.79. The van der Waals surface area contributed by atoms with Crippen LogP contribution in [0.1, 0.15) is 35.4 Å². The van der Waals surface area contributed by atoms with Gasteiger partial charge in [0, 0.05) is 17.9 Å². The maximum Gasteiger partial charge on any atom is 0.324 e. The summed E-state index contributed by atoms with van der Waals surface area (Å²) in [7, 11) is 0. The maximum absolute atomic E-state index is 12.0. The number of carbonyl (C=O) groups excluding carboxylic acids is 1. The van der Waals surface area contributed by atoms with E-state index in [0.29, 0.717) is 23.3 Å². The number of nitrogens with one attached hydrogen (secondary N) is 1. The summed E-state index contributed by atoms with van der Waals surface area (Å²) >= 11 is 4.46. The monoisotopic (exact) mass is 360 g/mol. The van der Waals surface area contributed by atoms with E-state index in [1.165, 1.54) is 31.4 Å². The Hall–Kier alpha value is -0.950. The van der Waals surface area contributed by atoms with Crippen LogP contribution in [0.4, 0.5) is 5.00 Å². The lowest BCUT2D eigenvalue weighted by Gasteiger charge is -2.30. The fourth-order valence-corrected chi connectivity index (χ4v) is 4.20. The van der Waals surface area contributed by atoms with Crippen molar-refractivity contribution in [3.05, 3.63) is 27.1 Å². The molecule has 1 aliphatic carbocycles. The topological polar surface area (TPSA) is 72.2 Å². The fourth-order valence-electron chi connectivity index (χ4n) is 2.62. The van der Waals surface area contributed by atoms with Gasteiger partial charge in [0.2, 0.25) is 0 Å².